The molecule has 1 aromatic rings. The van der Waals surface area contributed by atoms with Gasteiger partial charge in [-0.3, -0.25) is 4.79 Å². The summed E-state index contributed by atoms with van der Waals surface area (Å²) < 4.78 is 4.70. The van der Waals surface area contributed by atoms with Crippen LogP contribution >= 0.6 is 27.3 Å². The van der Waals surface area contributed by atoms with Crippen molar-refractivity contribution in [3.63, 3.8) is 0 Å². The lowest BCUT2D eigenvalue weighted by molar-refractivity contribution is -0.139. The van der Waals surface area contributed by atoms with E-state index in [1.54, 1.807) is 11.3 Å². The SMILES string of the molecule is COC(=O)Cc1ccc(CCCCCCCCCCCBr)s1. The van der Waals surface area contributed by atoms with E-state index < -0.39 is 0 Å². The van der Waals surface area contributed by atoms with E-state index in [1.165, 1.54) is 69.8 Å². The van der Waals surface area contributed by atoms with E-state index in [2.05, 4.69) is 28.1 Å². The van der Waals surface area contributed by atoms with Crippen molar-refractivity contribution >= 4 is 33.2 Å². The van der Waals surface area contributed by atoms with Crippen LogP contribution in [0.15, 0.2) is 12.1 Å². The smallest absolute Gasteiger partial charge is 0.310 e. The van der Waals surface area contributed by atoms with Gasteiger partial charge in [0, 0.05) is 15.1 Å². The molecule has 0 N–H and O–H groups in total. The molecule has 0 saturated heterocycles. The van der Waals surface area contributed by atoms with Crippen molar-refractivity contribution in [1.29, 1.82) is 0 Å². The van der Waals surface area contributed by atoms with Crippen molar-refractivity contribution in [1.82, 2.24) is 0 Å². The van der Waals surface area contributed by atoms with Gasteiger partial charge in [-0.05, 0) is 31.4 Å². The van der Waals surface area contributed by atoms with E-state index in [4.69, 9.17) is 4.74 Å². The summed E-state index contributed by atoms with van der Waals surface area (Å²) in [6, 6.07) is 4.22. The molecule has 0 aliphatic carbocycles. The molecule has 0 fully saturated rings. The van der Waals surface area contributed by atoms with Crippen LogP contribution in [0.3, 0.4) is 0 Å². The third kappa shape index (κ3) is 9.62. The molecule has 0 aliphatic heterocycles. The van der Waals surface area contributed by atoms with Crippen LogP contribution in [0.1, 0.15) is 67.5 Å². The van der Waals surface area contributed by atoms with Crippen molar-refractivity contribution in [2.24, 2.45) is 0 Å². The second-order valence-corrected chi connectivity index (χ2v) is 7.79. The van der Waals surface area contributed by atoms with Gasteiger partial charge in [-0.25, -0.2) is 0 Å². The number of ether oxygens (including phenoxy) is 1. The first kappa shape index (κ1) is 19.7. The Morgan fingerprint density at radius 1 is 0.955 bits per heavy atom. The molecule has 1 heterocycles. The third-order valence-corrected chi connectivity index (χ3v) is 5.53. The molecule has 0 bridgehead atoms. The number of rotatable bonds is 13. The third-order valence-electron chi connectivity index (χ3n) is 3.82. The van der Waals surface area contributed by atoms with Crippen molar-refractivity contribution in [3.8, 4) is 0 Å². The van der Waals surface area contributed by atoms with Crippen LogP contribution in [-0.2, 0) is 22.4 Å². The monoisotopic (exact) mass is 388 g/mol. The van der Waals surface area contributed by atoms with Gasteiger partial charge in [0.05, 0.1) is 13.5 Å². The minimum absolute atomic E-state index is 0.149. The van der Waals surface area contributed by atoms with Crippen LogP contribution in [0.4, 0.5) is 0 Å². The Morgan fingerprint density at radius 2 is 1.50 bits per heavy atom. The van der Waals surface area contributed by atoms with Crippen molar-refractivity contribution in [3.05, 3.63) is 21.9 Å². The number of aryl methyl sites for hydroxylation is 1. The van der Waals surface area contributed by atoms with E-state index in [0.29, 0.717) is 6.42 Å². The molecule has 2 nitrogen and oxygen atoms in total. The first-order valence-corrected chi connectivity index (χ1v) is 10.4. The molecule has 0 atom stereocenters. The number of halogens is 1. The number of hydrogen-bond acceptors (Lipinski definition) is 3. The van der Waals surface area contributed by atoms with Gasteiger partial charge in [0.1, 0.15) is 0 Å². The Bertz CT molecular complexity index is 404. The number of methoxy groups -OCH3 is 1. The molecule has 0 saturated carbocycles. The summed E-state index contributed by atoms with van der Waals surface area (Å²) in [5, 5.41) is 1.15. The van der Waals surface area contributed by atoms with Crippen LogP contribution in [0.5, 0.6) is 0 Å². The van der Waals surface area contributed by atoms with Gasteiger partial charge >= 0.3 is 5.97 Å². The first-order valence-electron chi connectivity index (χ1n) is 8.46. The molecule has 4 heteroatoms. The van der Waals surface area contributed by atoms with Crippen molar-refractivity contribution in [2.75, 3.05) is 12.4 Å². The summed E-state index contributed by atoms with van der Waals surface area (Å²) >= 11 is 5.23. The zero-order valence-corrected chi connectivity index (χ0v) is 16.1. The fourth-order valence-corrected chi connectivity index (χ4v) is 3.94. The molecular formula is C18H29BrO2S. The summed E-state index contributed by atoms with van der Waals surface area (Å²) in [6.45, 7) is 0. The molecule has 0 unspecified atom stereocenters. The van der Waals surface area contributed by atoms with E-state index in [-0.39, 0.29) is 5.97 Å². The van der Waals surface area contributed by atoms with E-state index >= 15 is 0 Å². The van der Waals surface area contributed by atoms with E-state index in [1.807, 2.05) is 0 Å². The highest BCUT2D eigenvalue weighted by Gasteiger charge is 2.06. The minimum Gasteiger partial charge on any atom is -0.469 e. The number of alkyl halides is 1. The summed E-state index contributed by atoms with van der Waals surface area (Å²) in [5.41, 5.74) is 0. The molecule has 22 heavy (non-hydrogen) atoms. The zero-order valence-electron chi connectivity index (χ0n) is 13.7. The van der Waals surface area contributed by atoms with Crippen LogP contribution in [0.25, 0.3) is 0 Å². The predicted octanol–water partition coefficient (Wildman–Crippen LogP) is 5.91. The molecule has 126 valence electrons. The maximum Gasteiger partial charge on any atom is 0.310 e. The van der Waals surface area contributed by atoms with Gasteiger partial charge < -0.3 is 4.74 Å². The fraction of sp³-hybridized carbons (Fsp3) is 0.722. The van der Waals surface area contributed by atoms with Crippen LogP contribution < -0.4 is 0 Å². The van der Waals surface area contributed by atoms with Crippen LogP contribution in [0, 0.1) is 0 Å². The Labute approximate surface area is 147 Å². The Kier molecular flexibility index (Phi) is 11.7. The average Bonchev–Trinajstić information content (AvgIpc) is 2.96. The predicted molar refractivity (Wildman–Crippen MR) is 99.1 cm³/mol. The van der Waals surface area contributed by atoms with Crippen molar-refractivity contribution < 1.29 is 9.53 Å². The van der Waals surface area contributed by atoms with E-state index in [9.17, 15) is 4.79 Å². The molecule has 0 aromatic carbocycles. The number of hydrogen-bond donors (Lipinski definition) is 0. The molecule has 0 spiro atoms. The highest BCUT2D eigenvalue weighted by molar-refractivity contribution is 9.09. The number of carbonyl (C=O) groups is 1. The van der Waals surface area contributed by atoms with Gasteiger partial charge in [0.15, 0.2) is 0 Å². The van der Waals surface area contributed by atoms with Gasteiger partial charge in [0.25, 0.3) is 0 Å². The van der Waals surface area contributed by atoms with Gasteiger partial charge in [-0.15, -0.1) is 11.3 Å². The quantitative estimate of drug-likeness (QED) is 0.238. The lowest BCUT2D eigenvalue weighted by atomic mass is 10.1. The summed E-state index contributed by atoms with van der Waals surface area (Å²) in [5.74, 6) is -0.149. The molecule has 1 aromatic heterocycles. The molecule has 1 rings (SSSR count). The summed E-state index contributed by atoms with van der Waals surface area (Å²) in [7, 11) is 1.44. The van der Waals surface area contributed by atoms with E-state index in [0.717, 1.165) is 16.6 Å². The number of esters is 1. The second kappa shape index (κ2) is 13.1. The van der Waals surface area contributed by atoms with Crippen molar-refractivity contribution in [2.45, 2.75) is 70.6 Å². The Balaban J connectivity index is 1.97. The number of thiophene rings is 1. The average molecular weight is 389 g/mol. The van der Waals surface area contributed by atoms with Gasteiger partial charge in [-0.1, -0.05) is 60.9 Å². The Hall–Kier alpha value is -0.350. The minimum atomic E-state index is -0.149. The maximum absolute atomic E-state index is 11.2. The number of carbonyl (C=O) groups excluding carboxylic acids is 1. The lowest BCUT2D eigenvalue weighted by Gasteiger charge is -2.01. The second-order valence-electron chi connectivity index (χ2n) is 5.74. The summed E-state index contributed by atoms with van der Waals surface area (Å²) in [6.07, 6.45) is 13.8. The van der Waals surface area contributed by atoms with Crippen LogP contribution in [-0.4, -0.2) is 18.4 Å². The van der Waals surface area contributed by atoms with Gasteiger partial charge in [-0.2, -0.15) is 0 Å². The highest BCUT2D eigenvalue weighted by Crippen LogP contribution is 2.20. The topological polar surface area (TPSA) is 26.3 Å². The molecule has 0 amide bonds. The standard InChI is InChI=1S/C18H29BrO2S/c1-21-18(20)15-17-13-12-16(22-17)11-9-7-5-3-2-4-6-8-10-14-19/h12-13H,2-11,14-15H2,1H3. The normalized spacial score (nSPS) is 10.8. The maximum atomic E-state index is 11.2. The summed E-state index contributed by atoms with van der Waals surface area (Å²) in [4.78, 5) is 13.7. The lowest BCUT2D eigenvalue weighted by Crippen LogP contribution is -2.02. The van der Waals surface area contributed by atoms with Crippen LogP contribution in [0.2, 0.25) is 0 Å². The van der Waals surface area contributed by atoms with Gasteiger partial charge in [0.2, 0.25) is 0 Å². The zero-order chi connectivity index (χ0) is 16.0. The Morgan fingerprint density at radius 3 is 2.09 bits per heavy atom. The fourth-order valence-electron chi connectivity index (χ4n) is 2.50. The number of unbranched alkanes of at least 4 members (excludes halogenated alkanes) is 8. The highest BCUT2D eigenvalue weighted by atomic mass is 79.9. The molecular weight excluding hydrogens is 360 g/mol. The first-order chi connectivity index (χ1) is 10.8. The molecule has 0 aliphatic rings. The largest absolute Gasteiger partial charge is 0.469 e. The molecule has 0 radical (unpaired) electrons.